The molecule has 2 heteroatoms. The standard InChI is InChI=1S/C16H10N2/c1-2-4-12-8-15-10-16-13(5-6-17-18-16)9-14(15)7-11(12)3-1/h1-10H. The minimum absolute atomic E-state index is 0.945. The number of nitrogens with zero attached hydrogens (tertiary/aromatic N) is 2. The van der Waals surface area contributed by atoms with Gasteiger partial charge in [0.2, 0.25) is 0 Å². The van der Waals surface area contributed by atoms with Crippen LogP contribution >= 0.6 is 0 Å². The summed E-state index contributed by atoms with van der Waals surface area (Å²) in [6, 6.07) is 19.1. The summed E-state index contributed by atoms with van der Waals surface area (Å²) in [6.45, 7) is 0. The summed E-state index contributed by atoms with van der Waals surface area (Å²) in [5.41, 5.74) is 0.945. The maximum Gasteiger partial charge on any atom is 0.0936 e. The molecule has 0 unspecified atom stereocenters. The second-order valence-corrected chi connectivity index (χ2v) is 4.49. The highest BCUT2D eigenvalue weighted by atomic mass is 15.1. The van der Waals surface area contributed by atoms with Crippen molar-refractivity contribution in [2.24, 2.45) is 0 Å². The Kier molecular flexibility index (Phi) is 1.86. The van der Waals surface area contributed by atoms with Crippen LogP contribution in [0.5, 0.6) is 0 Å². The van der Waals surface area contributed by atoms with Gasteiger partial charge < -0.3 is 0 Å². The van der Waals surface area contributed by atoms with Gasteiger partial charge in [-0.2, -0.15) is 10.2 Å². The average molecular weight is 230 g/mol. The van der Waals surface area contributed by atoms with Gasteiger partial charge in [-0.25, -0.2) is 0 Å². The largest absolute Gasteiger partial charge is 0.159 e. The summed E-state index contributed by atoms with van der Waals surface area (Å²) < 4.78 is 0. The van der Waals surface area contributed by atoms with Gasteiger partial charge in [0.25, 0.3) is 0 Å². The quantitative estimate of drug-likeness (QED) is 0.428. The highest BCUT2D eigenvalue weighted by Gasteiger charge is 2.01. The van der Waals surface area contributed by atoms with Crippen molar-refractivity contribution in [3.8, 4) is 0 Å². The van der Waals surface area contributed by atoms with Crippen LogP contribution in [0, 0.1) is 0 Å². The molecular formula is C16H10N2. The minimum Gasteiger partial charge on any atom is -0.159 e. The number of hydrogen-bond donors (Lipinski definition) is 0. The van der Waals surface area contributed by atoms with E-state index in [0.29, 0.717) is 0 Å². The molecule has 0 saturated heterocycles. The normalized spacial score (nSPS) is 11.3. The first-order chi connectivity index (χ1) is 8.90. The van der Waals surface area contributed by atoms with E-state index in [1.54, 1.807) is 6.20 Å². The van der Waals surface area contributed by atoms with Gasteiger partial charge in [-0.05, 0) is 51.9 Å². The molecule has 4 aromatic rings. The molecule has 18 heavy (non-hydrogen) atoms. The van der Waals surface area contributed by atoms with E-state index >= 15 is 0 Å². The van der Waals surface area contributed by atoms with Gasteiger partial charge in [-0.15, -0.1) is 0 Å². The number of fused-ring (bicyclic) bond motifs is 3. The summed E-state index contributed by atoms with van der Waals surface area (Å²) in [4.78, 5) is 0. The molecule has 1 aromatic heterocycles. The summed E-state index contributed by atoms with van der Waals surface area (Å²) in [5.74, 6) is 0. The zero-order valence-electron chi connectivity index (χ0n) is 9.67. The summed E-state index contributed by atoms with van der Waals surface area (Å²) in [5, 5.41) is 14.2. The predicted molar refractivity (Wildman–Crippen MR) is 74.6 cm³/mol. The Hall–Kier alpha value is -2.48. The van der Waals surface area contributed by atoms with Crippen molar-refractivity contribution in [2.75, 3.05) is 0 Å². The fourth-order valence-electron chi connectivity index (χ4n) is 2.43. The smallest absolute Gasteiger partial charge is 0.0936 e. The Labute approximate surface area is 104 Å². The lowest BCUT2D eigenvalue weighted by molar-refractivity contribution is 1.08. The third kappa shape index (κ3) is 1.36. The molecule has 0 bridgehead atoms. The van der Waals surface area contributed by atoms with Crippen LogP contribution in [-0.2, 0) is 0 Å². The van der Waals surface area contributed by atoms with Crippen molar-refractivity contribution in [2.45, 2.75) is 0 Å². The van der Waals surface area contributed by atoms with Crippen LogP contribution in [0.2, 0.25) is 0 Å². The molecule has 0 aliphatic rings. The van der Waals surface area contributed by atoms with E-state index in [-0.39, 0.29) is 0 Å². The Morgan fingerprint density at radius 1 is 0.611 bits per heavy atom. The molecule has 0 aliphatic carbocycles. The minimum atomic E-state index is 0.945. The SMILES string of the molecule is c1ccc2cc3cc4nnccc4cc3cc2c1. The Balaban J connectivity index is 2.20. The zero-order valence-corrected chi connectivity index (χ0v) is 9.67. The molecule has 4 rings (SSSR count). The van der Waals surface area contributed by atoms with E-state index in [4.69, 9.17) is 0 Å². The number of hydrogen-bond acceptors (Lipinski definition) is 2. The topological polar surface area (TPSA) is 25.8 Å². The molecule has 0 aliphatic heterocycles. The number of aromatic nitrogens is 2. The van der Waals surface area contributed by atoms with Crippen LogP contribution in [0.1, 0.15) is 0 Å². The molecule has 2 nitrogen and oxygen atoms in total. The van der Waals surface area contributed by atoms with Gasteiger partial charge >= 0.3 is 0 Å². The van der Waals surface area contributed by atoms with E-state index in [0.717, 1.165) is 10.9 Å². The van der Waals surface area contributed by atoms with Crippen molar-refractivity contribution in [3.63, 3.8) is 0 Å². The Morgan fingerprint density at radius 3 is 2.06 bits per heavy atom. The van der Waals surface area contributed by atoms with Crippen molar-refractivity contribution in [3.05, 3.63) is 60.8 Å². The highest BCUT2D eigenvalue weighted by molar-refractivity contribution is 6.03. The van der Waals surface area contributed by atoms with Crippen molar-refractivity contribution in [1.82, 2.24) is 10.2 Å². The lowest BCUT2D eigenvalue weighted by Gasteiger charge is -2.03. The lowest BCUT2D eigenvalue weighted by Crippen LogP contribution is -1.83. The molecule has 0 atom stereocenters. The third-order valence-corrected chi connectivity index (χ3v) is 3.34. The van der Waals surface area contributed by atoms with Gasteiger partial charge in [-0.3, -0.25) is 0 Å². The van der Waals surface area contributed by atoms with E-state index in [1.165, 1.54) is 21.5 Å². The maximum absolute atomic E-state index is 4.16. The number of benzene rings is 3. The molecule has 84 valence electrons. The summed E-state index contributed by atoms with van der Waals surface area (Å²) in [7, 11) is 0. The third-order valence-electron chi connectivity index (χ3n) is 3.34. The molecule has 0 N–H and O–H groups in total. The molecule has 0 saturated carbocycles. The van der Waals surface area contributed by atoms with Crippen molar-refractivity contribution < 1.29 is 0 Å². The second-order valence-electron chi connectivity index (χ2n) is 4.49. The van der Waals surface area contributed by atoms with E-state index in [1.807, 2.05) is 6.07 Å². The van der Waals surface area contributed by atoms with Crippen LogP contribution in [0.15, 0.2) is 60.8 Å². The van der Waals surface area contributed by atoms with E-state index < -0.39 is 0 Å². The van der Waals surface area contributed by atoms with Gasteiger partial charge in [0.05, 0.1) is 11.7 Å². The van der Waals surface area contributed by atoms with Crippen LogP contribution < -0.4 is 0 Å². The highest BCUT2D eigenvalue weighted by Crippen LogP contribution is 2.26. The lowest BCUT2D eigenvalue weighted by atomic mass is 10.0. The van der Waals surface area contributed by atoms with E-state index in [9.17, 15) is 0 Å². The van der Waals surface area contributed by atoms with Gasteiger partial charge in [-0.1, -0.05) is 24.3 Å². The average Bonchev–Trinajstić information content (AvgIpc) is 2.42. The molecular weight excluding hydrogens is 220 g/mol. The molecule has 3 aromatic carbocycles. The molecule has 0 fully saturated rings. The summed E-state index contributed by atoms with van der Waals surface area (Å²) in [6.07, 6.45) is 1.73. The monoisotopic (exact) mass is 230 g/mol. The Morgan fingerprint density at radius 2 is 1.28 bits per heavy atom. The van der Waals surface area contributed by atoms with Crippen LogP contribution in [0.4, 0.5) is 0 Å². The number of rotatable bonds is 0. The maximum atomic E-state index is 4.16. The molecule has 0 radical (unpaired) electrons. The predicted octanol–water partition coefficient (Wildman–Crippen LogP) is 3.94. The molecule has 0 amide bonds. The van der Waals surface area contributed by atoms with Crippen molar-refractivity contribution in [1.29, 1.82) is 0 Å². The van der Waals surface area contributed by atoms with Crippen LogP contribution in [-0.4, -0.2) is 10.2 Å². The van der Waals surface area contributed by atoms with Crippen LogP contribution in [0.25, 0.3) is 32.4 Å². The first-order valence-corrected chi connectivity index (χ1v) is 5.94. The fraction of sp³-hybridized carbons (Fsp3) is 0. The van der Waals surface area contributed by atoms with E-state index in [2.05, 4.69) is 58.7 Å². The van der Waals surface area contributed by atoms with Gasteiger partial charge in [0.15, 0.2) is 0 Å². The first kappa shape index (κ1) is 9.54. The van der Waals surface area contributed by atoms with Crippen LogP contribution in [0.3, 0.4) is 0 Å². The van der Waals surface area contributed by atoms with Gasteiger partial charge in [0.1, 0.15) is 0 Å². The summed E-state index contributed by atoms with van der Waals surface area (Å²) >= 11 is 0. The van der Waals surface area contributed by atoms with Crippen molar-refractivity contribution >= 4 is 32.4 Å². The zero-order chi connectivity index (χ0) is 11.9. The first-order valence-electron chi connectivity index (χ1n) is 5.94. The fourth-order valence-corrected chi connectivity index (χ4v) is 2.43. The molecule has 1 heterocycles. The van der Waals surface area contributed by atoms with Gasteiger partial charge in [0, 0.05) is 5.39 Å². The molecule has 0 spiro atoms. The Bertz CT molecular complexity index is 737. The second kappa shape index (κ2) is 3.50.